The van der Waals surface area contributed by atoms with Crippen LogP contribution >= 0.6 is 11.6 Å². The second-order valence-corrected chi connectivity index (χ2v) is 6.39. The van der Waals surface area contributed by atoms with Crippen molar-refractivity contribution in [1.29, 1.82) is 0 Å². The Morgan fingerprint density at radius 1 is 1.00 bits per heavy atom. The predicted octanol–water partition coefficient (Wildman–Crippen LogP) is 3.78. The van der Waals surface area contributed by atoms with Crippen LogP contribution in [0.15, 0.2) is 48.5 Å². The van der Waals surface area contributed by atoms with Crippen LogP contribution in [0.25, 0.3) is 0 Å². The zero-order valence-corrected chi connectivity index (χ0v) is 13.7. The van der Waals surface area contributed by atoms with Gasteiger partial charge in [-0.1, -0.05) is 35.9 Å². The van der Waals surface area contributed by atoms with E-state index in [0.717, 1.165) is 21.9 Å². The first-order valence-electron chi connectivity index (χ1n) is 7.30. The number of rotatable bonds is 7. The van der Waals surface area contributed by atoms with E-state index in [9.17, 15) is 5.11 Å². The van der Waals surface area contributed by atoms with Gasteiger partial charge in [0.05, 0.1) is 6.61 Å². The molecule has 0 aliphatic rings. The minimum Gasteiger partial charge on any atom is -0.489 e. The van der Waals surface area contributed by atoms with E-state index in [4.69, 9.17) is 16.3 Å². The number of halogens is 1. The van der Waals surface area contributed by atoms with Crippen molar-refractivity contribution < 1.29 is 9.84 Å². The first-order chi connectivity index (χ1) is 10.5. The highest BCUT2D eigenvalue weighted by Gasteiger charge is 2.14. The third-order valence-electron chi connectivity index (χ3n) is 3.41. The van der Waals surface area contributed by atoms with Crippen LogP contribution in [-0.4, -0.2) is 17.3 Å². The zero-order valence-electron chi connectivity index (χ0n) is 13.0. The van der Waals surface area contributed by atoms with Crippen molar-refractivity contribution in [2.45, 2.75) is 32.5 Å². The topological polar surface area (TPSA) is 41.5 Å². The van der Waals surface area contributed by atoms with Gasteiger partial charge in [-0.25, -0.2) is 0 Å². The zero-order chi connectivity index (χ0) is 16.0. The van der Waals surface area contributed by atoms with Crippen molar-refractivity contribution >= 4 is 11.6 Å². The number of aliphatic hydroxyl groups is 1. The number of benzene rings is 2. The van der Waals surface area contributed by atoms with Gasteiger partial charge in [-0.2, -0.15) is 0 Å². The van der Waals surface area contributed by atoms with Crippen molar-refractivity contribution in [3.63, 3.8) is 0 Å². The van der Waals surface area contributed by atoms with Crippen molar-refractivity contribution in [3.05, 3.63) is 64.7 Å². The molecular weight excluding hydrogens is 298 g/mol. The number of nitrogens with one attached hydrogen (secondary N) is 1. The molecule has 2 N–H and O–H groups in total. The highest BCUT2D eigenvalue weighted by Crippen LogP contribution is 2.16. The fraction of sp³-hybridized carbons (Fsp3) is 0.333. The average molecular weight is 320 g/mol. The first-order valence-corrected chi connectivity index (χ1v) is 7.68. The SMILES string of the molecule is CC(C)(CO)NCc1ccc(OCc2ccc(Cl)cc2)cc1. The monoisotopic (exact) mass is 319 g/mol. The van der Waals surface area contributed by atoms with Crippen LogP contribution < -0.4 is 10.1 Å². The largest absolute Gasteiger partial charge is 0.489 e. The van der Waals surface area contributed by atoms with Gasteiger partial charge in [-0.15, -0.1) is 0 Å². The van der Waals surface area contributed by atoms with Crippen LogP contribution in [0.5, 0.6) is 5.75 Å². The molecule has 118 valence electrons. The highest BCUT2D eigenvalue weighted by atomic mass is 35.5. The van der Waals surface area contributed by atoms with Gasteiger partial charge in [0.15, 0.2) is 0 Å². The molecule has 0 saturated heterocycles. The number of ether oxygens (including phenoxy) is 1. The summed E-state index contributed by atoms with van der Waals surface area (Å²) in [5.74, 6) is 0.833. The first kappa shape index (κ1) is 16.8. The van der Waals surface area contributed by atoms with E-state index in [1.165, 1.54) is 0 Å². The maximum atomic E-state index is 9.22. The van der Waals surface area contributed by atoms with E-state index in [2.05, 4.69) is 5.32 Å². The van der Waals surface area contributed by atoms with E-state index in [1.807, 2.05) is 62.4 Å². The van der Waals surface area contributed by atoms with Crippen LogP contribution in [0.4, 0.5) is 0 Å². The van der Waals surface area contributed by atoms with Crippen molar-refractivity contribution in [3.8, 4) is 5.75 Å². The summed E-state index contributed by atoms with van der Waals surface area (Å²) in [6.45, 7) is 5.28. The second kappa shape index (κ2) is 7.63. The smallest absolute Gasteiger partial charge is 0.119 e. The Labute approximate surface area is 136 Å². The summed E-state index contributed by atoms with van der Waals surface area (Å²) in [7, 11) is 0. The van der Waals surface area contributed by atoms with Crippen molar-refractivity contribution in [2.24, 2.45) is 0 Å². The standard InChI is InChI=1S/C18H22ClNO2/c1-18(2,13-21)20-11-14-5-9-17(10-6-14)22-12-15-3-7-16(19)8-4-15/h3-10,20-21H,11-13H2,1-2H3. The maximum Gasteiger partial charge on any atom is 0.119 e. The van der Waals surface area contributed by atoms with E-state index in [1.54, 1.807) is 0 Å². The maximum absolute atomic E-state index is 9.22. The Balaban J connectivity index is 1.85. The fourth-order valence-corrected chi connectivity index (χ4v) is 1.97. The quantitative estimate of drug-likeness (QED) is 0.816. The van der Waals surface area contributed by atoms with Crippen LogP contribution in [0, 0.1) is 0 Å². The molecular formula is C18H22ClNO2. The molecule has 0 fully saturated rings. The lowest BCUT2D eigenvalue weighted by Crippen LogP contribution is -2.42. The molecule has 0 amide bonds. The van der Waals surface area contributed by atoms with Gasteiger partial charge in [0.2, 0.25) is 0 Å². The molecule has 2 rings (SSSR count). The number of hydrogen-bond acceptors (Lipinski definition) is 3. The molecule has 2 aromatic carbocycles. The fourth-order valence-electron chi connectivity index (χ4n) is 1.85. The Hall–Kier alpha value is -1.55. The number of hydrogen-bond donors (Lipinski definition) is 2. The summed E-state index contributed by atoms with van der Waals surface area (Å²) in [5.41, 5.74) is 1.96. The van der Waals surface area contributed by atoms with Gasteiger partial charge in [-0.05, 0) is 49.2 Å². The van der Waals surface area contributed by atoms with Gasteiger partial charge >= 0.3 is 0 Å². The molecule has 0 bridgehead atoms. The Kier molecular flexibility index (Phi) is 5.83. The molecule has 3 nitrogen and oxygen atoms in total. The van der Waals surface area contributed by atoms with Crippen molar-refractivity contribution in [2.75, 3.05) is 6.61 Å². The minimum atomic E-state index is -0.274. The third kappa shape index (κ3) is 5.34. The van der Waals surface area contributed by atoms with Crippen LogP contribution in [0.2, 0.25) is 5.02 Å². The predicted molar refractivity (Wildman–Crippen MR) is 90.2 cm³/mol. The third-order valence-corrected chi connectivity index (χ3v) is 3.66. The highest BCUT2D eigenvalue weighted by molar-refractivity contribution is 6.30. The Bertz CT molecular complexity index is 579. The van der Waals surface area contributed by atoms with E-state index in [0.29, 0.717) is 13.2 Å². The molecule has 4 heteroatoms. The Morgan fingerprint density at radius 3 is 2.18 bits per heavy atom. The Morgan fingerprint density at radius 2 is 1.59 bits per heavy atom. The number of aliphatic hydroxyl groups excluding tert-OH is 1. The van der Waals surface area contributed by atoms with Gasteiger partial charge in [0.25, 0.3) is 0 Å². The summed E-state index contributed by atoms with van der Waals surface area (Å²) in [5, 5.41) is 13.3. The van der Waals surface area contributed by atoms with Crippen molar-refractivity contribution in [1.82, 2.24) is 5.32 Å². The molecule has 0 heterocycles. The van der Waals surface area contributed by atoms with Gasteiger partial charge < -0.3 is 15.2 Å². The molecule has 2 aromatic rings. The van der Waals surface area contributed by atoms with Crippen LogP contribution in [-0.2, 0) is 13.2 Å². The van der Waals surface area contributed by atoms with Gasteiger partial charge in [0.1, 0.15) is 12.4 Å². The summed E-state index contributed by atoms with van der Waals surface area (Å²) in [4.78, 5) is 0. The van der Waals surface area contributed by atoms with E-state index < -0.39 is 0 Å². The van der Waals surface area contributed by atoms with Crippen LogP contribution in [0.3, 0.4) is 0 Å². The lowest BCUT2D eigenvalue weighted by Gasteiger charge is -2.23. The molecule has 0 unspecified atom stereocenters. The molecule has 0 aromatic heterocycles. The molecule has 22 heavy (non-hydrogen) atoms. The van der Waals surface area contributed by atoms with E-state index in [-0.39, 0.29) is 12.1 Å². The summed E-state index contributed by atoms with van der Waals surface area (Å²) >= 11 is 5.86. The summed E-state index contributed by atoms with van der Waals surface area (Å²) in [6, 6.07) is 15.6. The molecule has 0 aliphatic carbocycles. The summed E-state index contributed by atoms with van der Waals surface area (Å²) in [6.07, 6.45) is 0. The minimum absolute atomic E-state index is 0.106. The molecule has 0 aliphatic heterocycles. The van der Waals surface area contributed by atoms with Gasteiger partial charge in [-0.3, -0.25) is 0 Å². The molecule has 0 saturated carbocycles. The molecule has 0 spiro atoms. The lowest BCUT2D eigenvalue weighted by atomic mass is 10.1. The van der Waals surface area contributed by atoms with E-state index >= 15 is 0 Å². The second-order valence-electron chi connectivity index (χ2n) is 5.95. The average Bonchev–Trinajstić information content (AvgIpc) is 2.53. The lowest BCUT2D eigenvalue weighted by molar-refractivity contribution is 0.187. The summed E-state index contributed by atoms with van der Waals surface area (Å²) < 4.78 is 5.75. The normalized spacial score (nSPS) is 11.5. The molecule has 0 atom stereocenters. The van der Waals surface area contributed by atoms with Gasteiger partial charge in [0, 0.05) is 17.1 Å². The van der Waals surface area contributed by atoms with Crippen LogP contribution in [0.1, 0.15) is 25.0 Å². The molecule has 0 radical (unpaired) electrons.